The first kappa shape index (κ1) is 12.6. The third-order valence-corrected chi connectivity index (χ3v) is 3.40. The fourth-order valence-electron chi connectivity index (χ4n) is 1.34. The van der Waals surface area contributed by atoms with Gasteiger partial charge in [0.05, 0.1) is 15.8 Å². The quantitative estimate of drug-likeness (QED) is 0.665. The predicted octanol–water partition coefficient (Wildman–Crippen LogP) is 2.90. The maximum absolute atomic E-state index is 10.6. The standard InChI is InChI=1S/C10H9ClN4O2S/c11-8-3-1-6(18-8)5-13-9-4-2-7(15(16)17)10(12)14-9/h1-4H,5H2,(H3,12,13,14). The van der Waals surface area contributed by atoms with Crippen LogP contribution >= 0.6 is 22.9 Å². The van der Waals surface area contributed by atoms with E-state index in [-0.39, 0.29) is 11.5 Å². The highest BCUT2D eigenvalue weighted by Crippen LogP contribution is 2.24. The molecule has 0 aliphatic rings. The Hall–Kier alpha value is -1.86. The summed E-state index contributed by atoms with van der Waals surface area (Å²) in [5.41, 5.74) is 5.29. The van der Waals surface area contributed by atoms with Crippen LogP contribution in [0.4, 0.5) is 17.3 Å². The molecule has 0 saturated carbocycles. The Balaban J connectivity index is 2.06. The Morgan fingerprint density at radius 2 is 2.22 bits per heavy atom. The molecule has 0 saturated heterocycles. The largest absolute Gasteiger partial charge is 0.378 e. The lowest BCUT2D eigenvalue weighted by Crippen LogP contribution is -2.04. The maximum atomic E-state index is 10.6. The first-order valence-electron chi connectivity index (χ1n) is 4.95. The minimum atomic E-state index is -0.564. The van der Waals surface area contributed by atoms with Gasteiger partial charge >= 0.3 is 5.69 Å². The lowest BCUT2D eigenvalue weighted by Gasteiger charge is -2.04. The molecule has 18 heavy (non-hydrogen) atoms. The normalized spacial score (nSPS) is 10.3. The van der Waals surface area contributed by atoms with E-state index in [4.69, 9.17) is 17.3 Å². The molecule has 2 aromatic heterocycles. The van der Waals surface area contributed by atoms with Crippen molar-refractivity contribution in [1.82, 2.24) is 4.98 Å². The van der Waals surface area contributed by atoms with E-state index < -0.39 is 4.92 Å². The van der Waals surface area contributed by atoms with E-state index in [1.54, 1.807) is 6.07 Å². The SMILES string of the molecule is Nc1nc(NCc2ccc(Cl)s2)ccc1[N+](=O)[O-]. The van der Waals surface area contributed by atoms with Gasteiger partial charge < -0.3 is 11.1 Å². The number of aromatic nitrogens is 1. The number of nitrogens with two attached hydrogens (primary N) is 1. The molecule has 0 amide bonds. The van der Waals surface area contributed by atoms with Gasteiger partial charge in [-0.1, -0.05) is 11.6 Å². The average Bonchev–Trinajstić information content (AvgIpc) is 2.72. The van der Waals surface area contributed by atoms with Crippen molar-refractivity contribution in [2.75, 3.05) is 11.1 Å². The zero-order valence-corrected chi connectivity index (χ0v) is 10.7. The van der Waals surface area contributed by atoms with E-state index in [2.05, 4.69) is 10.3 Å². The molecule has 0 fully saturated rings. The van der Waals surface area contributed by atoms with Crippen LogP contribution in [0.25, 0.3) is 0 Å². The summed E-state index contributed by atoms with van der Waals surface area (Å²) in [6, 6.07) is 6.55. The van der Waals surface area contributed by atoms with Crippen LogP contribution in [0.3, 0.4) is 0 Å². The molecule has 8 heteroatoms. The van der Waals surface area contributed by atoms with E-state index in [9.17, 15) is 10.1 Å². The fraction of sp³-hybridized carbons (Fsp3) is 0.100. The van der Waals surface area contributed by atoms with Gasteiger partial charge in [0.25, 0.3) is 0 Å². The monoisotopic (exact) mass is 284 g/mol. The number of nitrogen functional groups attached to an aromatic ring is 1. The molecule has 0 radical (unpaired) electrons. The second-order valence-corrected chi connectivity index (χ2v) is 5.22. The summed E-state index contributed by atoms with van der Waals surface area (Å²) in [6.07, 6.45) is 0. The van der Waals surface area contributed by atoms with Crippen LogP contribution in [0.1, 0.15) is 4.88 Å². The molecule has 0 spiro atoms. The van der Waals surface area contributed by atoms with Gasteiger partial charge in [-0.05, 0) is 18.2 Å². The number of hydrogen-bond acceptors (Lipinski definition) is 6. The summed E-state index contributed by atoms with van der Waals surface area (Å²) >= 11 is 7.26. The summed E-state index contributed by atoms with van der Waals surface area (Å²) < 4.78 is 0.711. The van der Waals surface area contributed by atoms with Gasteiger partial charge in [0, 0.05) is 10.9 Å². The fourth-order valence-corrected chi connectivity index (χ4v) is 2.37. The second-order valence-electron chi connectivity index (χ2n) is 3.42. The molecule has 6 nitrogen and oxygen atoms in total. The maximum Gasteiger partial charge on any atom is 0.311 e. The minimum Gasteiger partial charge on any atom is -0.378 e. The van der Waals surface area contributed by atoms with Crippen LogP contribution in [0.15, 0.2) is 24.3 Å². The number of halogens is 1. The molecule has 0 unspecified atom stereocenters. The molecular formula is C10H9ClN4O2S. The van der Waals surface area contributed by atoms with Crippen molar-refractivity contribution < 1.29 is 4.92 Å². The number of thiophene rings is 1. The average molecular weight is 285 g/mol. The molecule has 2 rings (SSSR count). The number of hydrogen-bond donors (Lipinski definition) is 2. The van der Waals surface area contributed by atoms with E-state index in [1.165, 1.54) is 23.5 Å². The van der Waals surface area contributed by atoms with E-state index >= 15 is 0 Å². The smallest absolute Gasteiger partial charge is 0.311 e. The molecule has 0 aliphatic heterocycles. The van der Waals surface area contributed by atoms with Crippen molar-refractivity contribution in [1.29, 1.82) is 0 Å². The molecule has 2 heterocycles. The van der Waals surface area contributed by atoms with E-state index in [0.29, 0.717) is 16.7 Å². The van der Waals surface area contributed by atoms with Crippen LogP contribution in [-0.4, -0.2) is 9.91 Å². The second kappa shape index (κ2) is 5.19. The van der Waals surface area contributed by atoms with Crippen LogP contribution in [0.2, 0.25) is 4.34 Å². The van der Waals surface area contributed by atoms with Crippen LogP contribution in [-0.2, 0) is 6.54 Å². The highest BCUT2D eigenvalue weighted by molar-refractivity contribution is 7.16. The Morgan fingerprint density at radius 1 is 1.44 bits per heavy atom. The number of nitro groups is 1. The molecular weight excluding hydrogens is 276 g/mol. The van der Waals surface area contributed by atoms with Gasteiger partial charge in [-0.15, -0.1) is 11.3 Å². The molecule has 0 aromatic carbocycles. The molecule has 0 atom stereocenters. The highest BCUT2D eigenvalue weighted by Gasteiger charge is 2.12. The van der Waals surface area contributed by atoms with Crippen molar-refractivity contribution in [2.45, 2.75) is 6.54 Å². The predicted molar refractivity (Wildman–Crippen MR) is 72.0 cm³/mol. The Bertz CT molecular complexity index is 587. The number of rotatable bonds is 4. The molecule has 94 valence electrons. The molecule has 2 aromatic rings. The number of nitrogens with zero attached hydrogens (tertiary/aromatic N) is 2. The summed E-state index contributed by atoms with van der Waals surface area (Å²) in [5.74, 6) is 0.386. The minimum absolute atomic E-state index is 0.103. The first-order chi connectivity index (χ1) is 8.56. The summed E-state index contributed by atoms with van der Waals surface area (Å²) in [6.45, 7) is 0.543. The van der Waals surface area contributed by atoms with Crippen molar-refractivity contribution in [3.05, 3.63) is 43.6 Å². The van der Waals surface area contributed by atoms with Gasteiger partial charge in [0.1, 0.15) is 5.82 Å². The first-order valence-corrected chi connectivity index (χ1v) is 6.14. The van der Waals surface area contributed by atoms with Crippen molar-refractivity contribution in [3.8, 4) is 0 Å². The Morgan fingerprint density at radius 3 is 2.78 bits per heavy atom. The number of anilines is 2. The summed E-state index contributed by atoms with van der Waals surface area (Å²) in [7, 11) is 0. The van der Waals surface area contributed by atoms with Crippen molar-refractivity contribution >= 4 is 40.3 Å². The van der Waals surface area contributed by atoms with E-state index in [1.807, 2.05) is 6.07 Å². The zero-order valence-electron chi connectivity index (χ0n) is 9.09. The Kier molecular flexibility index (Phi) is 3.63. The lowest BCUT2D eigenvalue weighted by atomic mass is 10.3. The summed E-state index contributed by atoms with van der Waals surface area (Å²) in [5, 5.41) is 13.6. The van der Waals surface area contributed by atoms with Crippen LogP contribution < -0.4 is 11.1 Å². The third-order valence-electron chi connectivity index (χ3n) is 2.17. The molecule has 0 aliphatic carbocycles. The van der Waals surface area contributed by atoms with Gasteiger partial charge in [-0.25, -0.2) is 4.98 Å². The van der Waals surface area contributed by atoms with Gasteiger partial charge in [0.15, 0.2) is 0 Å². The number of pyridine rings is 1. The zero-order chi connectivity index (χ0) is 13.1. The van der Waals surface area contributed by atoms with Crippen molar-refractivity contribution in [2.24, 2.45) is 0 Å². The summed E-state index contributed by atoms with van der Waals surface area (Å²) in [4.78, 5) is 15.0. The Labute approximate surface area is 112 Å². The van der Waals surface area contributed by atoms with E-state index in [0.717, 1.165) is 4.88 Å². The van der Waals surface area contributed by atoms with Gasteiger partial charge in [-0.3, -0.25) is 10.1 Å². The van der Waals surface area contributed by atoms with Crippen LogP contribution in [0, 0.1) is 10.1 Å². The lowest BCUT2D eigenvalue weighted by molar-refractivity contribution is -0.384. The third kappa shape index (κ3) is 2.88. The van der Waals surface area contributed by atoms with Gasteiger partial charge in [0.2, 0.25) is 5.82 Å². The number of nitrogens with one attached hydrogen (secondary N) is 1. The molecule has 3 N–H and O–H groups in total. The molecule has 0 bridgehead atoms. The van der Waals surface area contributed by atoms with Crippen LogP contribution in [0.5, 0.6) is 0 Å². The van der Waals surface area contributed by atoms with Crippen molar-refractivity contribution in [3.63, 3.8) is 0 Å². The topological polar surface area (TPSA) is 94.1 Å². The van der Waals surface area contributed by atoms with Gasteiger partial charge in [-0.2, -0.15) is 0 Å². The highest BCUT2D eigenvalue weighted by atomic mass is 35.5.